The lowest BCUT2D eigenvalue weighted by Crippen LogP contribution is -2.05. The third-order valence-electron chi connectivity index (χ3n) is 2.21. The maximum Gasteiger partial charge on any atom is 0.158 e. The standard InChI is InChI=1S/C11H12BrClN2/c1-7(2)6-15-10-5-8(12)3-4-9(10)11(13)14-15/h3-5,7H,6H2,1-2H3. The van der Waals surface area contributed by atoms with Gasteiger partial charge in [0, 0.05) is 16.4 Å². The van der Waals surface area contributed by atoms with Crippen LogP contribution in [0.5, 0.6) is 0 Å². The predicted octanol–water partition coefficient (Wildman–Crippen LogP) is 4.11. The number of halogens is 2. The van der Waals surface area contributed by atoms with E-state index in [1.807, 2.05) is 16.8 Å². The van der Waals surface area contributed by atoms with Crippen molar-refractivity contribution in [3.8, 4) is 0 Å². The number of fused-ring (bicyclic) bond motifs is 1. The fraction of sp³-hybridized carbons (Fsp3) is 0.364. The SMILES string of the molecule is CC(C)Cn1nc(Cl)c2ccc(Br)cc21. The average Bonchev–Trinajstić information content (AvgIpc) is 2.42. The summed E-state index contributed by atoms with van der Waals surface area (Å²) in [6.07, 6.45) is 0. The molecule has 15 heavy (non-hydrogen) atoms. The van der Waals surface area contributed by atoms with Crippen LogP contribution >= 0.6 is 27.5 Å². The monoisotopic (exact) mass is 286 g/mol. The molecule has 0 bridgehead atoms. The van der Waals surface area contributed by atoms with Gasteiger partial charge in [0.15, 0.2) is 5.15 Å². The van der Waals surface area contributed by atoms with Crippen LogP contribution in [0.3, 0.4) is 0 Å². The molecule has 0 aliphatic rings. The Labute approximate surface area is 102 Å². The van der Waals surface area contributed by atoms with E-state index < -0.39 is 0 Å². The van der Waals surface area contributed by atoms with Crippen LogP contribution in [0, 0.1) is 5.92 Å². The van der Waals surface area contributed by atoms with Gasteiger partial charge in [0.25, 0.3) is 0 Å². The van der Waals surface area contributed by atoms with Gasteiger partial charge in [-0.25, -0.2) is 0 Å². The Morgan fingerprint density at radius 1 is 1.47 bits per heavy atom. The summed E-state index contributed by atoms with van der Waals surface area (Å²) in [6.45, 7) is 5.22. The van der Waals surface area contributed by atoms with Crippen LogP contribution in [0.1, 0.15) is 13.8 Å². The lowest BCUT2D eigenvalue weighted by molar-refractivity contribution is 0.495. The fourth-order valence-electron chi connectivity index (χ4n) is 1.59. The minimum absolute atomic E-state index is 0.558. The number of hydrogen-bond acceptors (Lipinski definition) is 1. The predicted molar refractivity (Wildman–Crippen MR) is 67.3 cm³/mol. The molecule has 0 saturated heterocycles. The molecule has 4 heteroatoms. The largest absolute Gasteiger partial charge is 0.263 e. The van der Waals surface area contributed by atoms with Gasteiger partial charge in [-0.3, -0.25) is 4.68 Å². The third-order valence-corrected chi connectivity index (χ3v) is 2.98. The molecular weight excluding hydrogens is 275 g/mol. The molecule has 0 N–H and O–H groups in total. The van der Waals surface area contributed by atoms with Crippen LogP contribution in [-0.2, 0) is 6.54 Å². The van der Waals surface area contributed by atoms with Gasteiger partial charge in [0.2, 0.25) is 0 Å². The van der Waals surface area contributed by atoms with E-state index in [4.69, 9.17) is 11.6 Å². The van der Waals surface area contributed by atoms with Crippen LogP contribution in [0.25, 0.3) is 10.9 Å². The van der Waals surface area contributed by atoms with Gasteiger partial charge >= 0.3 is 0 Å². The normalized spacial score (nSPS) is 11.5. The highest BCUT2D eigenvalue weighted by Crippen LogP contribution is 2.26. The highest BCUT2D eigenvalue weighted by molar-refractivity contribution is 9.10. The summed E-state index contributed by atoms with van der Waals surface area (Å²) in [7, 11) is 0. The van der Waals surface area contributed by atoms with Gasteiger partial charge in [-0.15, -0.1) is 0 Å². The smallest absolute Gasteiger partial charge is 0.158 e. The van der Waals surface area contributed by atoms with E-state index in [-0.39, 0.29) is 0 Å². The molecule has 0 spiro atoms. The van der Waals surface area contributed by atoms with E-state index in [0.29, 0.717) is 11.1 Å². The lowest BCUT2D eigenvalue weighted by Gasteiger charge is -2.06. The molecule has 0 aliphatic heterocycles. The van der Waals surface area contributed by atoms with Crippen LogP contribution in [0.15, 0.2) is 22.7 Å². The molecular formula is C11H12BrClN2. The van der Waals surface area contributed by atoms with Crippen molar-refractivity contribution < 1.29 is 0 Å². The van der Waals surface area contributed by atoms with Gasteiger partial charge in [0.1, 0.15) is 0 Å². The minimum Gasteiger partial charge on any atom is -0.263 e. The number of nitrogens with zero attached hydrogens (tertiary/aromatic N) is 2. The van der Waals surface area contributed by atoms with E-state index in [1.54, 1.807) is 0 Å². The Balaban J connectivity index is 2.59. The van der Waals surface area contributed by atoms with Gasteiger partial charge in [0.05, 0.1) is 5.52 Å². The molecule has 2 aromatic rings. The Hall–Kier alpha value is -0.540. The first-order chi connectivity index (χ1) is 7.08. The van der Waals surface area contributed by atoms with E-state index >= 15 is 0 Å². The maximum absolute atomic E-state index is 6.07. The second-order valence-electron chi connectivity index (χ2n) is 4.03. The molecule has 0 amide bonds. The van der Waals surface area contributed by atoms with Crippen molar-refractivity contribution in [3.63, 3.8) is 0 Å². The number of benzene rings is 1. The summed E-state index contributed by atoms with van der Waals surface area (Å²) in [6, 6.07) is 6.03. The summed E-state index contributed by atoms with van der Waals surface area (Å²) in [5.41, 5.74) is 1.09. The summed E-state index contributed by atoms with van der Waals surface area (Å²) in [5, 5.41) is 5.93. The van der Waals surface area contributed by atoms with E-state index in [1.165, 1.54) is 0 Å². The Kier molecular flexibility index (Phi) is 3.03. The Bertz CT molecular complexity index is 491. The third kappa shape index (κ3) is 2.18. The first-order valence-corrected chi connectivity index (χ1v) is 6.06. The van der Waals surface area contributed by atoms with Crippen molar-refractivity contribution in [2.24, 2.45) is 5.92 Å². The second kappa shape index (κ2) is 4.14. The molecule has 0 aliphatic carbocycles. The van der Waals surface area contributed by atoms with Crippen LogP contribution in [-0.4, -0.2) is 9.78 Å². The number of hydrogen-bond donors (Lipinski definition) is 0. The first kappa shape index (κ1) is 11.0. The van der Waals surface area contributed by atoms with Crippen molar-refractivity contribution in [3.05, 3.63) is 27.8 Å². The molecule has 0 unspecified atom stereocenters. The van der Waals surface area contributed by atoms with Crippen LogP contribution < -0.4 is 0 Å². The minimum atomic E-state index is 0.558. The molecule has 0 fully saturated rings. The molecule has 1 aromatic carbocycles. The van der Waals surface area contributed by atoms with E-state index in [0.717, 1.165) is 21.9 Å². The average molecular weight is 288 g/mol. The molecule has 0 radical (unpaired) electrons. The first-order valence-electron chi connectivity index (χ1n) is 4.89. The topological polar surface area (TPSA) is 17.8 Å². The van der Waals surface area contributed by atoms with Gasteiger partial charge in [-0.2, -0.15) is 5.10 Å². The van der Waals surface area contributed by atoms with Crippen molar-refractivity contribution in [1.82, 2.24) is 9.78 Å². The zero-order valence-electron chi connectivity index (χ0n) is 8.67. The van der Waals surface area contributed by atoms with Crippen molar-refractivity contribution in [1.29, 1.82) is 0 Å². The lowest BCUT2D eigenvalue weighted by atomic mass is 10.2. The Morgan fingerprint density at radius 2 is 2.20 bits per heavy atom. The zero-order chi connectivity index (χ0) is 11.0. The molecule has 2 nitrogen and oxygen atoms in total. The summed E-state index contributed by atoms with van der Waals surface area (Å²) < 4.78 is 3.02. The molecule has 1 heterocycles. The molecule has 80 valence electrons. The number of rotatable bonds is 2. The fourth-order valence-corrected chi connectivity index (χ4v) is 2.19. The molecule has 2 rings (SSSR count). The van der Waals surface area contributed by atoms with E-state index in [9.17, 15) is 0 Å². The summed E-state index contributed by atoms with van der Waals surface area (Å²) >= 11 is 9.52. The summed E-state index contributed by atoms with van der Waals surface area (Å²) in [5.74, 6) is 0.558. The van der Waals surface area contributed by atoms with Crippen molar-refractivity contribution >= 4 is 38.4 Å². The van der Waals surface area contributed by atoms with Crippen molar-refractivity contribution in [2.45, 2.75) is 20.4 Å². The highest BCUT2D eigenvalue weighted by Gasteiger charge is 2.09. The number of aromatic nitrogens is 2. The van der Waals surface area contributed by atoms with Crippen molar-refractivity contribution in [2.75, 3.05) is 0 Å². The van der Waals surface area contributed by atoms with Crippen LogP contribution in [0.2, 0.25) is 5.15 Å². The Morgan fingerprint density at radius 3 is 2.87 bits per heavy atom. The molecule has 0 atom stereocenters. The van der Waals surface area contributed by atoms with Gasteiger partial charge < -0.3 is 0 Å². The zero-order valence-corrected chi connectivity index (χ0v) is 11.0. The highest BCUT2D eigenvalue weighted by atomic mass is 79.9. The second-order valence-corrected chi connectivity index (χ2v) is 5.30. The molecule has 1 aromatic heterocycles. The van der Waals surface area contributed by atoms with Crippen LogP contribution in [0.4, 0.5) is 0 Å². The van der Waals surface area contributed by atoms with Gasteiger partial charge in [-0.05, 0) is 24.1 Å². The van der Waals surface area contributed by atoms with E-state index in [2.05, 4.69) is 40.9 Å². The summed E-state index contributed by atoms with van der Waals surface area (Å²) in [4.78, 5) is 0. The quantitative estimate of drug-likeness (QED) is 0.813. The maximum atomic E-state index is 6.07. The van der Waals surface area contributed by atoms with Gasteiger partial charge in [-0.1, -0.05) is 41.4 Å². The molecule has 0 saturated carbocycles.